The van der Waals surface area contributed by atoms with Crippen LogP contribution in [0.5, 0.6) is 5.75 Å². The molecule has 1 amide bonds. The summed E-state index contributed by atoms with van der Waals surface area (Å²) in [4.78, 5) is 37.9. The van der Waals surface area contributed by atoms with Crippen molar-refractivity contribution in [3.63, 3.8) is 0 Å². The van der Waals surface area contributed by atoms with E-state index in [2.05, 4.69) is 20.3 Å². The van der Waals surface area contributed by atoms with E-state index >= 15 is 0 Å². The molecule has 36 heavy (non-hydrogen) atoms. The average Bonchev–Trinajstić information content (AvgIpc) is 3.49. The van der Waals surface area contributed by atoms with Crippen LogP contribution in [0.2, 0.25) is 0 Å². The highest BCUT2D eigenvalue weighted by molar-refractivity contribution is 6.23. The molecule has 0 unspecified atom stereocenters. The highest BCUT2D eigenvalue weighted by atomic mass is 16.3. The molecule has 0 radical (unpaired) electrons. The van der Waals surface area contributed by atoms with Gasteiger partial charge in [0.1, 0.15) is 17.1 Å². The van der Waals surface area contributed by atoms with Crippen molar-refractivity contribution in [2.24, 2.45) is 0 Å². The number of aromatic amines is 2. The molecule has 3 heterocycles. The van der Waals surface area contributed by atoms with Gasteiger partial charge in [-0.2, -0.15) is 0 Å². The molecule has 0 saturated carbocycles. The Kier molecular flexibility index (Phi) is 5.22. The van der Waals surface area contributed by atoms with Gasteiger partial charge in [0.15, 0.2) is 0 Å². The van der Waals surface area contributed by atoms with Crippen LogP contribution in [-0.4, -0.2) is 38.3 Å². The molecule has 0 fully saturated rings. The van der Waals surface area contributed by atoms with Crippen LogP contribution in [0.1, 0.15) is 32.1 Å². The van der Waals surface area contributed by atoms with Crippen LogP contribution in [-0.2, 0) is 6.42 Å². The molecule has 3 aromatic carbocycles. The maximum atomic E-state index is 13.8. The first-order chi connectivity index (χ1) is 17.6. The predicted octanol–water partition coefficient (Wildman–Crippen LogP) is 5.11. The van der Waals surface area contributed by atoms with Gasteiger partial charge in [0, 0.05) is 45.5 Å². The number of phenols is 1. The molecule has 0 aliphatic heterocycles. The molecular weight excluding hydrogens is 452 g/mol. The van der Waals surface area contributed by atoms with E-state index in [1.807, 2.05) is 54.6 Å². The molecule has 4 N–H and O–H groups in total. The second-order valence-corrected chi connectivity index (χ2v) is 8.70. The summed E-state index contributed by atoms with van der Waals surface area (Å²) in [5, 5.41) is 15.0. The van der Waals surface area contributed by atoms with Crippen molar-refractivity contribution in [2.75, 3.05) is 6.54 Å². The minimum Gasteiger partial charge on any atom is -0.508 e. The lowest BCUT2D eigenvalue weighted by molar-refractivity contribution is 0.0949. The lowest BCUT2D eigenvalue weighted by Crippen LogP contribution is -2.27. The third-order valence-corrected chi connectivity index (χ3v) is 6.39. The van der Waals surface area contributed by atoms with Gasteiger partial charge in [0.05, 0.1) is 5.52 Å². The SMILES string of the molecule is O=C(NCCc1cccc(O)c1)c1cc2c([nH]c3ccccc32)c(C(=O)c2c[nH]c3ccccc23)n1. The minimum atomic E-state index is -0.365. The van der Waals surface area contributed by atoms with E-state index in [1.165, 1.54) is 0 Å². The third-order valence-electron chi connectivity index (χ3n) is 6.39. The summed E-state index contributed by atoms with van der Waals surface area (Å²) in [6.45, 7) is 0.363. The number of aromatic nitrogens is 3. The fraction of sp³-hybridized carbons (Fsp3) is 0.0690. The number of hydrogen-bond donors (Lipinski definition) is 4. The summed E-state index contributed by atoms with van der Waals surface area (Å²) < 4.78 is 0. The Morgan fingerprint density at radius 3 is 2.47 bits per heavy atom. The van der Waals surface area contributed by atoms with Gasteiger partial charge < -0.3 is 20.4 Å². The number of fused-ring (bicyclic) bond motifs is 4. The number of H-pyrrole nitrogens is 2. The Hall–Kier alpha value is -4.91. The Labute approximate surface area is 205 Å². The summed E-state index contributed by atoms with van der Waals surface area (Å²) in [5.41, 5.74) is 4.10. The standard InChI is InChI=1S/C29H22N4O3/c34-18-7-5-6-17(14-18)12-13-30-29(36)25-15-21-19-8-2-4-11-24(19)32-26(21)27(33-25)28(35)22-16-31-23-10-3-1-9-20(22)23/h1-11,14-16,31-32,34H,12-13H2,(H,30,36). The van der Waals surface area contributed by atoms with E-state index in [9.17, 15) is 14.7 Å². The maximum absolute atomic E-state index is 13.8. The predicted molar refractivity (Wildman–Crippen MR) is 139 cm³/mol. The molecule has 7 heteroatoms. The Balaban J connectivity index is 1.40. The number of nitrogens with zero attached hydrogens (tertiary/aromatic N) is 1. The normalized spacial score (nSPS) is 11.3. The van der Waals surface area contributed by atoms with E-state index < -0.39 is 0 Å². The first-order valence-electron chi connectivity index (χ1n) is 11.7. The van der Waals surface area contributed by atoms with Gasteiger partial charge >= 0.3 is 0 Å². The van der Waals surface area contributed by atoms with Gasteiger partial charge in [-0.1, -0.05) is 48.5 Å². The summed E-state index contributed by atoms with van der Waals surface area (Å²) in [7, 11) is 0. The number of pyridine rings is 1. The fourth-order valence-electron chi connectivity index (χ4n) is 4.64. The van der Waals surface area contributed by atoms with Gasteiger partial charge in [-0.15, -0.1) is 0 Å². The first-order valence-corrected chi connectivity index (χ1v) is 11.7. The van der Waals surface area contributed by atoms with Crippen molar-refractivity contribution in [1.82, 2.24) is 20.3 Å². The Morgan fingerprint density at radius 1 is 0.861 bits per heavy atom. The second kappa shape index (κ2) is 8.70. The van der Waals surface area contributed by atoms with Crippen molar-refractivity contribution >= 4 is 44.4 Å². The fourth-order valence-corrected chi connectivity index (χ4v) is 4.64. The number of aromatic hydroxyl groups is 1. The highest BCUT2D eigenvalue weighted by Crippen LogP contribution is 2.30. The van der Waals surface area contributed by atoms with Gasteiger partial charge in [-0.05, 0) is 42.3 Å². The zero-order chi connectivity index (χ0) is 24.6. The molecule has 0 aliphatic rings. The molecular formula is C29H22N4O3. The molecule has 0 bridgehead atoms. The van der Waals surface area contributed by atoms with E-state index in [0.29, 0.717) is 24.0 Å². The monoisotopic (exact) mass is 474 g/mol. The number of nitrogens with one attached hydrogen (secondary N) is 3. The number of benzene rings is 3. The molecule has 176 valence electrons. The molecule has 7 nitrogen and oxygen atoms in total. The van der Waals surface area contributed by atoms with Crippen LogP contribution in [0.25, 0.3) is 32.7 Å². The molecule has 0 aliphatic carbocycles. The van der Waals surface area contributed by atoms with Crippen molar-refractivity contribution in [3.05, 3.63) is 108 Å². The second-order valence-electron chi connectivity index (χ2n) is 8.70. The number of hydrogen-bond acceptors (Lipinski definition) is 4. The van der Waals surface area contributed by atoms with Crippen molar-refractivity contribution < 1.29 is 14.7 Å². The van der Waals surface area contributed by atoms with Gasteiger partial charge in [-0.3, -0.25) is 9.59 Å². The summed E-state index contributed by atoms with van der Waals surface area (Å²) in [6, 6.07) is 24.0. The lowest BCUT2D eigenvalue weighted by Gasteiger charge is -2.08. The van der Waals surface area contributed by atoms with Gasteiger partial charge in [0.25, 0.3) is 5.91 Å². The molecule has 3 aromatic heterocycles. The number of amides is 1. The zero-order valence-corrected chi connectivity index (χ0v) is 19.2. The molecule has 0 atom stereocenters. The van der Waals surface area contributed by atoms with Crippen LogP contribution in [0.15, 0.2) is 85.1 Å². The van der Waals surface area contributed by atoms with Crippen LogP contribution >= 0.6 is 0 Å². The Morgan fingerprint density at radius 2 is 1.64 bits per heavy atom. The summed E-state index contributed by atoms with van der Waals surface area (Å²) in [5.74, 6) is -0.445. The highest BCUT2D eigenvalue weighted by Gasteiger charge is 2.23. The maximum Gasteiger partial charge on any atom is 0.269 e. The van der Waals surface area contributed by atoms with Crippen LogP contribution in [0.3, 0.4) is 0 Å². The summed E-state index contributed by atoms with van der Waals surface area (Å²) >= 11 is 0. The molecule has 6 aromatic rings. The van der Waals surface area contributed by atoms with Crippen molar-refractivity contribution in [3.8, 4) is 5.75 Å². The lowest BCUT2D eigenvalue weighted by atomic mass is 10.0. The molecule has 0 spiro atoms. The Bertz CT molecular complexity index is 1780. The zero-order valence-electron chi connectivity index (χ0n) is 19.2. The third kappa shape index (κ3) is 3.76. The quantitative estimate of drug-likeness (QED) is 0.252. The molecule has 0 saturated heterocycles. The largest absolute Gasteiger partial charge is 0.508 e. The average molecular weight is 475 g/mol. The smallest absolute Gasteiger partial charge is 0.269 e. The van der Waals surface area contributed by atoms with Crippen LogP contribution in [0, 0.1) is 0 Å². The molecule has 6 rings (SSSR count). The van der Waals surface area contributed by atoms with Gasteiger partial charge in [0.2, 0.25) is 5.78 Å². The number of ketones is 1. The van der Waals surface area contributed by atoms with Gasteiger partial charge in [-0.25, -0.2) is 4.98 Å². The number of para-hydroxylation sites is 2. The first kappa shape index (κ1) is 21.6. The van der Waals surface area contributed by atoms with E-state index in [4.69, 9.17) is 0 Å². The van der Waals surface area contributed by atoms with E-state index in [-0.39, 0.29) is 28.8 Å². The summed E-state index contributed by atoms with van der Waals surface area (Å²) in [6.07, 6.45) is 2.24. The minimum absolute atomic E-state index is 0.173. The van der Waals surface area contributed by atoms with E-state index in [0.717, 1.165) is 32.8 Å². The number of carbonyl (C=O) groups is 2. The van der Waals surface area contributed by atoms with Crippen LogP contribution < -0.4 is 5.32 Å². The number of rotatable bonds is 6. The number of carbonyl (C=O) groups excluding carboxylic acids is 2. The van der Waals surface area contributed by atoms with Crippen molar-refractivity contribution in [1.29, 1.82) is 0 Å². The number of phenolic OH excluding ortho intramolecular Hbond substituents is 1. The topological polar surface area (TPSA) is 111 Å². The van der Waals surface area contributed by atoms with Crippen LogP contribution in [0.4, 0.5) is 0 Å². The van der Waals surface area contributed by atoms with E-state index in [1.54, 1.807) is 30.5 Å². The van der Waals surface area contributed by atoms with Crippen molar-refractivity contribution in [2.45, 2.75) is 6.42 Å².